The zero-order chi connectivity index (χ0) is 17.4. The van der Waals surface area contributed by atoms with Crippen molar-refractivity contribution in [2.24, 2.45) is 0 Å². The Labute approximate surface area is 155 Å². The van der Waals surface area contributed by atoms with Gasteiger partial charge in [0.25, 0.3) is 11.8 Å². The van der Waals surface area contributed by atoms with Gasteiger partial charge in [0.1, 0.15) is 10.9 Å². The maximum absolute atomic E-state index is 12.3. The Hall–Kier alpha value is -2.29. The average Bonchev–Trinajstić information content (AvgIpc) is 3.20. The molecule has 0 bridgehead atoms. The fraction of sp³-hybridized carbons (Fsp3) is 0.133. The summed E-state index contributed by atoms with van der Waals surface area (Å²) in [4.78, 5) is 12.3. The molecule has 3 heterocycles. The van der Waals surface area contributed by atoms with Gasteiger partial charge in [-0.05, 0) is 18.2 Å². The van der Waals surface area contributed by atoms with Crippen LogP contribution in [0.4, 0.5) is 6.01 Å². The predicted octanol–water partition coefficient (Wildman–Crippen LogP) is 3.88. The highest BCUT2D eigenvalue weighted by molar-refractivity contribution is 7.20. The van der Waals surface area contributed by atoms with Crippen LogP contribution in [0.15, 0.2) is 34.7 Å². The van der Waals surface area contributed by atoms with Crippen LogP contribution in [0.1, 0.15) is 0 Å². The fourth-order valence-electron chi connectivity index (χ4n) is 2.20. The lowest BCUT2D eigenvalue weighted by Gasteiger charge is -2.24. The minimum atomic E-state index is -0.829. The maximum Gasteiger partial charge on any atom is 0.322 e. The molecule has 10 heteroatoms. The maximum atomic E-state index is 12.3. The van der Waals surface area contributed by atoms with Crippen molar-refractivity contribution in [2.75, 3.05) is 11.9 Å². The SMILES string of the molecule is O=C(Nc1nnc(-c2cc(Cl)sc2Cl)o1)[C@@H]1COc2ccccc2O1. The van der Waals surface area contributed by atoms with Gasteiger partial charge in [0.05, 0.1) is 9.90 Å². The number of amides is 1. The molecular weight excluding hydrogens is 389 g/mol. The molecule has 7 nitrogen and oxygen atoms in total. The van der Waals surface area contributed by atoms with Crippen LogP contribution in [-0.2, 0) is 4.79 Å². The standard InChI is InChI=1S/C15H9Cl2N3O4S/c16-11-5-7(12(17)25-11)14-19-20-15(24-14)18-13(21)10-6-22-8-3-1-2-4-9(8)23-10/h1-5,10H,6H2,(H,18,20,21)/t10-/m0/s1. The number of hydrogen-bond acceptors (Lipinski definition) is 7. The third-order valence-corrected chi connectivity index (χ3v) is 4.83. The first-order chi connectivity index (χ1) is 12.1. The number of carbonyl (C=O) groups is 1. The number of thiophene rings is 1. The molecule has 0 saturated carbocycles. The number of para-hydroxylation sites is 2. The molecule has 1 aliphatic rings. The Morgan fingerprint density at radius 3 is 2.80 bits per heavy atom. The third-order valence-electron chi connectivity index (χ3n) is 3.34. The van der Waals surface area contributed by atoms with E-state index in [1.54, 1.807) is 24.3 Å². The molecule has 1 aliphatic heterocycles. The molecule has 0 fully saturated rings. The van der Waals surface area contributed by atoms with Crippen LogP contribution in [0.2, 0.25) is 8.67 Å². The first-order valence-electron chi connectivity index (χ1n) is 7.08. The van der Waals surface area contributed by atoms with Gasteiger partial charge in [-0.1, -0.05) is 40.4 Å². The molecule has 0 aliphatic carbocycles. The Balaban J connectivity index is 1.46. The molecule has 128 valence electrons. The van der Waals surface area contributed by atoms with Gasteiger partial charge in [-0.3, -0.25) is 10.1 Å². The highest BCUT2D eigenvalue weighted by atomic mass is 35.5. The number of halogens is 2. The quantitative estimate of drug-likeness (QED) is 0.721. The van der Waals surface area contributed by atoms with Gasteiger partial charge < -0.3 is 13.9 Å². The summed E-state index contributed by atoms with van der Waals surface area (Å²) in [7, 11) is 0. The van der Waals surface area contributed by atoms with Gasteiger partial charge in [0.15, 0.2) is 11.5 Å². The van der Waals surface area contributed by atoms with Crippen LogP contribution in [0.25, 0.3) is 11.5 Å². The summed E-state index contributed by atoms with van der Waals surface area (Å²) >= 11 is 13.1. The highest BCUT2D eigenvalue weighted by Gasteiger charge is 2.28. The first kappa shape index (κ1) is 16.2. The Morgan fingerprint density at radius 1 is 1.24 bits per heavy atom. The van der Waals surface area contributed by atoms with E-state index in [4.69, 9.17) is 37.1 Å². The summed E-state index contributed by atoms with van der Waals surface area (Å²) in [5.41, 5.74) is 0.510. The van der Waals surface area contributed by atoms with Crippen molar-refractivity contribution in [2.45, 2.75) is 6.10 Å². The van der Waals surface area contributed by atoms with E-state index >= 15 is 0 Å². The van der Waals surface area contributed by atoms with Crippen LogP contribution in [0.3, 0.4) is 0 Å². The molecular formula is C15H9Cl2N3O4S. The van der Waals surface area contributed by atoms with E-state index in [2.05, 4.69) is 15.5 Å². The monoisotopic (exact) mass is 397 g/mol. The van der Waals surface area contributed by atoms with Crippen molar-refractivity contribution in [3.8, 4) is 23.0 Å². The zero-order valence-corrected chi connectivity index (χ0v) is 14.7. The van der Waals surface area contributed by atoms with Gasteiger partial charge >= 0.3 is 6.01 Å². The second kappa shape index (κ2) is 6.55. The smallest absolute Gasteiger partial charge is 0.322 e. The number of nitrogens with one attached hydrogen (secondary N) is 1. The number of carbonyl (C=O) groups excluding carboxylic acids is 1. The average molecular weight is 398 g/mol. The van der Waals surface area contributed by atoms with Crippen molar-refractivity contribution in [1.29, 1.82) is 0 Å². The van der Waals surface area contributed by atoms with E-state index in [1.807, 2.05) is 6.07 Å². The lowest BCUT2D eigenvalue weighted by Crippen LogP contribution is -2.40. The molecule has 0 saturated heterocycles. The number of benzene rings is 1. The van der Waals surface area contributed by atoms with E-state index in [1.165, 1.54) is 11.3 Å². The van der Waals surface area contributed by atoms with Crippen molar-refractivity contribution >= 4 is 46.5 Å². The van der Waals surface area contributed by atoms with Crippen molar-refractivity contribution in [3.63, 3.8) is 0 Å². The van der Waals surface area contributed by atoms with Crippen LogP contribution in [0.5, 0.6) is 11.5 Å². The molecule has 4 rings (SSSR count). The van der Waals surface area contributed by atoms with Crippen LogP contribution in [-0.4, -0.2) is 28.8 Å². The Bertz CT molecular complexity index is 943. The molecule has 1 amide bonds. The number of ether oxygens (including phenoxy) is 2. The van der Waals surface area contributed by atoms with E-state index in [-0.39, 0.29) is 18.5 Å². The van der Waals surface area contributed by atoms with Crippen molar-refractivity contribution < 1.29 is 18.7 Å². The highest BCUT2D eigenvalue weighted by Crippen LogP contribution is 2.38. The predicted molar refractivity (Wildman–Crippen MR) is 92.6 cm³/mol. The summed E-state index contributed by atoms with van der Waals surface area (Å²) < 4.78 is 17.4. The fourth-order valence-corrected chi connectivity index (χ4v) is 3.65. The molecule has 0 radical (unpaired) electrons. The number of rotatable bonds is 3. The largest absolute Gasteiger partial charge is 0.485 e. The molecule has 0 spiro atoms. The van der Waals surface area contributed by atoms with Gasteiger partial charge in [-0.15, -0.1) is 16.4 Å². The second-order valence-corrected chi connectivity index (χ2v) is 7.29. The topological polar surface area (TPSA) is 86.5 Å². The van der Waals surface area contributed by atoms with E-state index in [0.29, 0.717) is 25.7 Å². The number of fused-ring (bicyclic) bond motifs is 1. The van der Waals surface area contributed by atoms with Crippen LogP contribution in [0, 0.1) is 0 Å². The van der Waals surface area contributed by atoms with E-state index in [0.717, 1.165) is 0 Å². The van der Waals surface area contributed by atoms with Gasteiger partial charge in [0, 0.05) is 0 Å². The summed E-state index contributed by atoms with van der Waals surface area (Å²) in [6.45, 7) is 0.0792. The molecule has 2 aromatic heterocycles. The van der Waals surface area contributed by atoms with Crippen LogP contribution < -0.4 is 14.8 Å². The molecule has 1 aromatic carbocycles. The summed E-state index contributed by atoms with van der Waals surface area (Å²) in [6.07, 6.45) is -0.829. The summed E-state index contributed by atoms with van der Waals surface area (Å²) in [6, 6.07) is 8.65. The second-order valence-electron chi connectivity index (χ2n) is 5.00. The van der Waals surface area contributed by atoms with Crippen LogP contribution >= 0.6 is 34.5 Å². The number of aromatic nitrogens is 2. The lowest BCUT2D eigenvalue weighted by molar-refractivity contribution is -0.125. The third kappa shape index (κ3) is 3.28. The van der Waals surface area contributed by atoms with E-state index in [9.17, 15) is 4.79 Å². The minimum Gasteiger partial charge on any atom is -0.485 e. The van der Waals surface area contributed by atoms with Crippen molar-refractivity contribution in [1.82, 2.24) is 10.2 Å². The zero-order valence-electron chi connectivity index (χ0n) is 12.4. The lowest BCUT2D eigenvalue weighted by atomic mass is 10.2. The summed E-state index contributed by atoms with van der Waals surface area (Å²) in [5, 5.41) is 10.1. The van der Waals surface area contributed by atoms with Gasteiger partial charge in [-0.25, -0.2) is 0 Å². The molecule has 1 N–H and O–H groups in total. The number of anilines is 1. The number of hydrogen-bond donors (Lipinski definition) is 1. The molecule has 0 unspecified atom stereocenters. The first-order valence-corrected chi connectivity index (χ1v) is 8.65. The molecule has 25 heavy (non-hydrogen) atoms. The van der Waals surface area contributed by atoms with Gasteiger partial charge in [0.2, 0.25) is 6.10 Å². The van der Waals surface area contributed by atoms with E-state index < -0.39 is 12.0 Å². The molecule has 3 aromatic rings. The normalized spacial score (nSPS) is 15.8. The van der Waals surface area contributed by atoms with Crippen molar-refractivity contribution in [3.05, 3.63) is 39.0 Å². The summed E-state index contributed by atoms with van der Waals surface area (Å²) in [5.74, 6) is 0.796. The minimum absolute atomic E-state index is 0.0687. The van der Waals surface area contributed by atoms with Gasteiger partial charge in [-0.2, -0.15) is 0 Å². The Morgan fingerprint density at radius 2 is 2.04 bits per heavy atom. The molecule has 1 atom stereocenters. The number of nitrogens with zero attached hydrogens (tertiary/aromatic N) is 2. The Kier molecular flexibility index (Phi) is 4.24.